The van der Waals surface area contributed by atoms with Gasteiger partial charge in [0.15, 0.2) is 11.5 Å². The number of fused-ring (bicyclic) bond motifs is 1. The van der Waals surface area contributed by atoms with Crippen LogP contribution in [0.4, 0.5) is 0 Å². The first-order valence-corrected chi connectivity index (χ1v) is 7.50. The highest BCUT2D eigenvalue weighted by atomic mass is 16.3. The highest BCUT2D eigenvalue weighted by Crippen LogP contribution is 2.29. The summed E-state index contributed by atoms with van der Waals surface area (Å²) in [6, 6.07) is 8.18. The van der Waals surface area contributed by atoms with Gasteiger partial charge in [-0.2, -0.15) is 0 Å². The SMILES string of the molecule is CCC(N)CC(CC(N)CC)c1nc2ccccc2o1. The number of para-hydroxylation sites is 2. The van der Waals surface area contributed by atoms with Gasteiger partial charge in [0, 0.05) is 18.0 Å². The Morgan fingerprint density at radius 1 is 1.05 bits per heavy atom. The summed E-state index contributed by atoms with van der Waals surface area (Å²) >= 11 is 0. The second kappa shape index (κ2) is 6.86. The Balaban J connectivity index is 2.23. The fourth-order valence-electron chi connectivity index (χ4n) is 2.43. The second-order valence-corrected chi connectivity index (χ2v) is 5.52. The van der Waals surface area contributed by atoms with Crippen LogP contribution in [0.15, 0.2) is 28.7 Å². The molecule has 0 radical (unpaired) electrons. The molecule has 0 aliphatic rings. The third kappa shape index (κ3) is 3.58. The summed E-state index contributed by atoms with van der Waals surface area (Å²) in [7, 11) is 0. The highest BCUT2D eigenvalue weighted by Gasteiger charge is 2.22. The van der Waals surface area contributed by atoms with Crippen LogP contribution in [0, 0.1) is 0 Å². The fraction of sp³-hybridized carbons (Fsp3) is 0.562. The van der Waals surface area contributed by atoms with E-state index in [1.807, 2.05) is 24.3 Å². The van der Waals surface area contributed by atoms with Crippen molar-refractivity contribution in [2.45, 2.75) is 57.5 Å². The molecule has 4 nitrogen and oxygen atoms in total. The van der Waals surface area contributed by atoms with Crippen LogP contribution < -0.4 is 11.5 Å². The van der Waals surface area contributed by atoms with Crippen molar-refractivity contribution in [1.29, 1.82) is 0 Å². The van der Waals surface area contributed by atoms with Gasteiger partial charge in [0.05, 0.1) is 0 Å². The maximum absolute atomic E-state index is 6.11. The van der Waals surface area contributed by atoms with Gasteiger partial charge >= 0.3 is 0 Å². The molecule has 4 N–H and O–H groups in total. The molecule has 2 unspecified atom stereocenters. The number of nitrogens with zero attached hydrogens (tertiary/aromatic N) is 1. The highest BCUT2D eigenvalue weighted by molar-refractivity contribution is 5.72. The van der Waals surface area contributed by atoms with E-state index >= 15 is 0 Å². The molecule has 0 fully saturated rings. The molecular weight excluding hydrogens is 250 g/mol. The number of benzene rings is 1. The molecule has 0 saturated carbocycles. The molecular formula is C16H25N3O. The summed E-state index contributed by atoms with van der Waals surface area (Å²) in [5.41, 5.74) is 14.0. The lowest BCUT2D eigenvalue weighted by Crippen LogP contribution is -2.27. The van der Waals surface area contributed by atoms with Crippen LogP contribution in [-0.2, 0) is 0 Å². The van der Waals surface area contributed by atoms with Crippen molar-refractivity contribution in [1.82, 2.24) is 4.98 Å². The summed E-state index contributed by atoms with van der Waals surface area (Å²) in [6.45, 7) is 4.21. The van der Waals surface area contributed by atoms with E-state index in [0.29, 0.717) is 0 Å². The van der Waals surface area contributed by atoms with Crippen LogP contribution in [0.25, 0.3) is 11.1 Å². The van der Waals surface area contributed by atoms with Gasteiger partial charge in [-0.05, 0) is 37.8 Å². The zero-order valence-electron chi connectivity index (χ0n) is 12.4. The predicted molar refractivity (Wildman–Crippen MR) is 82.5 cm³/mol. The summed E-state index contributed by atoms with van der Waals surface area (Å²) in [4.78, 5) is 4.61. The molecule has 1 aromatic heterocycles. The zero-order chi connectivity index (χ0) is 14.5. The lowest BCUT2D eigenvalue weighted by Gasteiger charge is -2.20. The molecule has 2 aromatic rings. The first-order valence-electron chi connectivity index (χ1n) is 7.50. The number of hydrogen-bond donors (Lipinski definition) is 2. The van der Waals surface area contributed by atoms with Gasteiger partial charge in [0.1, 0.15) is 5.52 Å². The fourth-order valence-corrected chi connectivity index (χ4v) is 2.43. The Bertz CT molecular complexity index is 492. The lowest BCUT2D eigenvalue weighted by molar-refractivity contribution is 0.379. The quantitative estimate of drug-likeness (QED) is 0.813. The van der Waals surface area contributed by atoms with Crippen LogP contribution >= 0.6 is 0 Å². The lowest BCUT2D eigenvalue weighted by atomic mass is 9.91. The predicted octanol–water partition coefficient (Wildman–Crippen LogP) is 3.17. The molecule has 0 saturated heterocycles. The van der Waals surface area contributed by atoms with E-state index in [2.05, 4.69) is 18.8 Å². The molecule has 1 heterocycles. The van der Waals surface area contributed by atoms with Gasteiger partial charge < -0.3 is 15.9 Å². The third-order valence-electron chi connectivity index (χ3n) is 3.88. The Labute approximate surface area is 120 Å². The van der Waals surface area contributed by atoms with Crippen molar-refractivity contribution in [2.75, 3.05) is 0 Å². The van der Waals surface area contributed by atoms with Gasteiger partial charge in [-0.15, -0.1) is 0 Å². The minimum atomic E-state index is 0.166. The van der Waals surface area contributed by atoms with E-state index in [-0.39, 0.29) is 18.0 Å². The van der Waals surface area contributed by atoms with E-state index in [4.69, 9.17) is 15.9 Å². The summed E-state index contributed by atoms with van der Waals surface area (Å²) in [5, 5.41) is 0. The van der Waals surface area contributed by atoms with E-state index < -0.39 is 0 Å². The largest absolute Gasteiger partial charge is 0.440 e. The summed E-state index contributed by atoms with van der Waals surface area (Å²) in [6.07, 6.45) is 3.66. The van der Waals surface area contributed by atoms with Crippen LogP contribution in [-0.4, -0.2) is 17.1 Å². The van der Waals surface area contributed by atoms with Crippen LogP contribution in [0.3, 0.4) is 0 Å². The first-order chi connectivity index (χ1) is 9.63. The molecule has 0 amide bonds. The van der Waals surface area contributed by atoms with Gasteiger partial charge in [-0.1, -0.05) is 26.0 Å². The molecule has 0 bridgehead atoms. The zero-order valence-corrected chi connectivity index (χ0v) is 12.4. The van der Waals surface area contributed by atoms with Crippen molar-refractivity contribution >= 4 is 11.1 Å². The van der Waals surface area contributed by atoms with Crippen LogP contribution in [0.2, 0.25) is 0 Å². The monoisotopic (exact) mass is 275 g/mol. The van der Waals surface area contributed by atoms with E-state index in [9.17, 15) is 0 Å². The Morgan fingerprint density at radius 2 is 1.65 bits per heavy atom. The van der Waals surface area contributed by atoms with Gasteiger partial charge in [-0.3, -0.25) is 0 Å². The maximum Gasteiger partial charge on any atom is 0.198 e. The Morgan fingerprint density at radius 3 is 2.20 bits per heavy atom. The maximum atomic E-state index is 6.11. The van der Waals surface area contributed by atoms with E-state index in [1.165, 1.54) is 0 Å². The molecule has 0 aliphatic carbocycles. The number of rotatable bonds is 7. The minimum absolute atomic E-state index is 0.166. The number of hydrogen-bond acceptors (Lipinski definition) is 4. The minimum Gasteiger partial charge on any atom is -0.440 e. The van der Waals surface area contributed by atoms with Crippen molar-refractivity contribution in [3.05, 3.63) is 30.2 Å². The van der Waals surface area contributed by atoms with Crippen molar-refractivity contribution < 1.29 is 4.42 Å². The van der Waals surface area contributed by atoms with Gasteiger partial charge in [0.2, 0.25) is 0 Å². The average Bonchev–Trinajstić information content (AvgIpc) is 2.90. The molecule has 4 heteroatoms. The number of nitrogens with two attached hydrogens (primary N) is 2. The standard InChI is InChI=1S/C16H25N3O/c1-3-12(17)9-11(10-13(18)4-2)16-19-14-7-5-6-8-15(14)20-16/h5-8,11-13H,3-4,9-10,17-18H2,1-2H3. The summed E-state index contributed by atoms with van der Waals surface area (Å²) < 4.78 is 5.90. The molecule has 1 aromatic carbocycles. The Hall–Kier alpha value is -1.39. The first kappa shape index (κ1) is 15.0. The molecule has 0 aliphatic heterocycles. The molecule has 20 heavy (non-hydrogen) atoms. The van der Waals surface area contributed by atoms with Crippen molar-refractivity contribution in [3.8, 4) is 0 Å². The van der Waals surface area contributed by atoms with Crippen molar-refractivity contribution in [2.24, 2.45) is 11.5 Å². The average molecular weight is 275 g/mol. The number of aromatic nitrogens is 1. The second-order valence-electron chi connectivity index (χ2n) is 5.52. The van der Waals surface area contributed by atoms with Crippen LogP contribution in [0.1, 0.15) is 51.3 Å². The molecule has 110 valence electrons. The normalized spacial score (nSPS) is 16.2. The van der Waals surface area contributed by atoms with Crippen molar-refractivity contribution in [3.63, 3.8) is 0 Å². The smallest absolute Gasteiger partial charge is 0.198 e. The summed E-state index contributed by atoms with van der Waals surface area (Å²) in [5.74, 6) is 0.978. The number of oxazole rings is 1. The molecule has 2 rings (SSSR count). The molecule has 2 atom stereocenters. The van der Waals surface area contributed by atoms with Gasteiger partial charge in [0.25, 0.3) is 0 Å². The van der Waals surface area contributed by atoms with Crippen LogP contribution in [0.5, 0.6) is 0 Å². The third-order valence-corrected chi connectivity index (χ3v) is 3.88. The molecule has 0 spiro atoms. The van der Waals surface area contributed by atoms with E-state index in [0.717, 1.165) is 42.7 Å². The van der Waals surface area contributed by atoms with E-state index in [1.54, 1.807) is 0 Å². The van der Waals surface area contributed by atoms with Gasteiger partial charge in [-0.25, -0.2) is 4.98 Å². The topological polar surface area (TPSA) is 78.1 Å². The Kier molecular flexibility index (Phi) is 5.15.